The second kappa shape index (κ2) is 12.8. The Kier molecular flexibility index (Phi) is 9.18. The van der Waals surface area contributed by atoms with Gasteiger partial charge in [0.15, 0.2) is 0 Å². The molecule has 0 bridgehead atoms. The Labute approximate surface area is 238 Å². The van der Waals surface area contributed by atoms with Crippen LogP contribution in [0.15, 0.2) is 67.1 Å². The first kappa shape index (κ1) is 29.5. The number of alkyl halides is 1. The molecule has 11 heteroatoms. The predicted molar refractivity (Wildman–Crippen MR) is 157 cm³/mol. The topological polar surface area (TPSA) is 133 Å². The Hall–Kier alpha value is -4.51. The number of nitrogens with zero attached hydrogens (tertiary/aromatic N) is 3. The number of urea groups is 1. The maximum absolute atomic E-state index is 14.2. The van der Waals surface area contributed by atoms with E-state index in [4.69, 9.17) is 0 Å². The summed E-state index contributed by atoms with van der Waals surface area (Å²) in [6.07, 6.45) is 3.34. The lowest BCUT2D eigenvalue weighted by Gasteiger charge is -2.23. The van der Waals surface area contributed by atoms with Gasteiger partial charge in [-0.05, 0) is 51.0 Å². The van der Waals surface area contributed by atoms with Crippen LogP contribution in [0.2, 0.25) is 0 Å². The summed E-state index contributed by atoms with van der Waals surface area (Å²) >= 11 is 0. The molecule has 0 unspecified atom stereocenters. The number of aliphatic hydroxyl groups is 1. The van der Waals surface area contributed by atoms with Gasteiger partial charge in [-0.2, -0.15) is 0 Å². The van der Waals surface area contributed by atoms with Crippen molar-refractivity contribution in [2.24, 2.45) is 0 Å². The van der Waals surface area contributed by atoms with Crippen molar-refractivity contribution < 1.29 is 19.1 Å². The SMILES string of the molecule is CC(C)Nc1cc(-n2ccc3cc(CNC(=O)NCc4ccccc4)cnc32)ncc1C(=O)NC[C@@H](F)C(C)(C)O. The van der Waals surface area contributed by atoms with Gasteiger partial charge in [-0.3, -0.25) is 9.36 Å². The first-order chi connectivity index (χ1) is 19.5. The van der Waals surface area contributed by atoms with E-state index in [0.29, 0.717) is 30.2 Å². The maximum atomic E-state index is 14.2. The molecule has 41 heavy (non-hydrogen) atoms. The van der Waals surface area contributed by atoms with E-state index < -0.39 is 17.7 Å². The van der Waals surface area contributed by atoms with Gasteiger partial charge in [0.05, 0.1) is 23.4 Å². The van der Waals surface area contributed by atoms with Gasteiger partial charge in [0.2, 0.25) is 0 Å². The Morgan fingerprint density at radius 3 is 2.37 bits per heavy atom. The minimum atomic E-state index is -1.62. The molecule has 0 aliphatic rings. The monoisotopic (exact) mass is 561 g/mol. The molecule has 10 nitrogen and oxygen atoms in total. The number of pyridine rings is 2. The third-order valence-electron chi connectivity index (χ3n) is 6.37. The van der Waals surface area contributed by atoms with Gasteiger partial charge >= 0.3 is 6.03 Å². The van der Waals surface area contributed by atoms with Gasteiger partial charge in [-0.25, -0.2) is 19.2 Å². The number of hydrogen-bond acceptors (Lipinski definition) is 6. The average molecular weight is 562 g/mol. The molecular weight excluding hydrogens is 525 g/mol. The Morgan fingerprint density at radius 2 is 1.68 bits per heavy atom. The van der Waals surface area contributed by atoms with Crippen LogP contribution in [-0.4, -0.2) is 55.9 Å². The number of benzene rings is 1. The highest BCUT2D eigenvalue weighted by Gasteiger charge is 2.27. The van der Waals surface area contributed by atoms with E-state index >= 15 is 0 Å². The minimum Gasteiger partial charge on any atom is -0.387 e. The normalized spacial score (nSPS) is 12.3. The molecule has 1 atom stereocenters. The molecule has 0 radical (unpaired) electrons. The number of carbonyl (C=O) groups is 2. The molecule has 5 N–H and O–H groups in total. The van der Waals surface area contributed by atoms with Crippen LogP contribution in [0, 0.1) is 0 Å². The lowest BCUT2D eigenvalue weighted by molar-refractivity contribution is -0.00177. The van der Waals surface area contributed by atoms with Gasteiger partial charge in [-0.15, -0.1) is 0 Å². The van der Waals surface area contributed by atoms with Crippen LogP contribution in [0.1, 0.15) is 49.2 Å². The van der Waals surface area contributed by atoms with E-state index in [1.165, 1.54) is 20.0 Å². The van der Waals surface area contributed by atoms with Gasteiger partial charge in [0, 0.05) is 49.2 Å². The fourth-order valence-corrected chi connectivity index (χ4v) is 4.09. The number of halogens is 1. The molecule has 3 amide bonds. The summed E-state index contributed by atoms with van der Waals surface area (Å²) in [6, 6.07) is 15.0. The van der Waals surface area contributed by atoms with Crippen LogP contribution in [0.4, 0.5) is 14.9 Å². The second-order valence-corrected chi connectivity index (χ2v) is 10.7. The van der Waals surface area contributed by atoms with Crippen LogP contribution >= 0.6 is 0 Å². The molecule has 3 aromatic heterocycles. The zero-order valence-electron chi connectivity index (χ0n) is 23.6. The Balaban J connectivity index is 1.46. The molecule has 3 heterocycles. The fourth-order valence-electron chi connectivity index (χ4n) is 4.09. The molecule has 0 spiro atoms. The highest BCUT2D eigenvalue weighted by molar-refractivity contribution is 5.99. The predicted octanol–water partition coefficient (Wildman–Crippen LogP) is 4.08. The molecule has 0 fully saturated rings. The van der Waals surface area contributed by atoms with Crippen LogP contribution in [-0.2, 0) is 13.1 Å². The van der Waals surface area contributed by atoms with Gasteiger partial charge in [0.25, 0.3) is 5.91 Å². The van der Waals surface area contributed by atoms with E-state index in [9.17, 15) is 19.1 Å². The largest absolute Gasteiger partial charge is 0.387 e. The van der Waals surface area contributed by atoms with Crippen molar-refractivity contribution in [3.63, 3.8) is 0 Å². The zero-order chi connectivity index (χ0) is 29.6. The van der Waals surface area contributed by atoms with E-state index in [1.807, 2.05) is 62.5 Å². The summed E-state index contributed by atoms with van der Waals surface area (Å²) in [5, 5.41) is 22.2. The summed E-state index contributed by atoms with van der Waals surface area (Å²) in [4.78, 5) is 34.2. The number of rotatable bonds is 11. The molecule has 216 valence electrons. The molecule has 0 aliphatic carbocycles. The molecule has 4 rings (SSSR count). The summed E-state index contributed by atoms with van der Waals surface area (Å²) in [7, 11) is 0. The third kappa shape index (κ3) is 7.79. The Morgan fingerprint density at radius 1 is 0.976 bits per heavy atom. The Bertz CT molecular complexity index is 1500. The van der Waals surface area contributed by atoms with Crippen LogP contribution < -0.4 is 21.3 Å². The average Bonchev–Trinajstić information content (AvgIpc) is 3.36. The lowest BCUT2D eigenvalue weighted by atomic mass is 10.0. The maximum Gasteiger partial charge on any atom is 0.315 e. The van der Waals surface area contributed by atoms with Crippen molar-refractivity contribution in [1.29, 1.82) is 0 Å². The highest BCUT2D eigenvalue weighted by Crippen LogP contribution is 2.24. The summed E-state index contributed by atoms with van der Waals surface area (Å²) in [6.45, 7) is 7.01. The molecule has 0 aliphatic heterocycles. The van der Waals surface area contributed by atoms with Crippen molar-refractivity contribution in [1.82, 2.24) is 30.5 Å². The number of aromatic nitrogens is 3. The van der Waals surface area contributed by atoms with Gasteiger partial charge in [-0.1, -0.05) is 30.3 Å². The molecule has 1 aromatic carbocycles. The summed E-state index contributed by atoms with van der Waals surface area (Å²) < 4.78 is 16.0. The van der Waals surface area contributed by atoms with Crippen LogP contribution in [0.3, 0.4) is 0 Å². The number of amides is 3. The lowest BCUT2D eigenvalue weighted by Crippen LogP contribution is -2.42. The van der Waals surface area contributed by atoms with Crippen molar-refractivity contribution in [2.75, 3.05) is 11.9 Å². The molecular formula is C30H36FN7O3. The second-order valence-electron chi connectivity index (χ2n) is 10.7. The van der Waals surface area contributed by atoms with Crippen LogP contribution in [0.25, 0.3) is 16.9 Å². The smallest absolute Gasteiger partial charge is 0.315 e. The van der Waals surface area contributed by atoms with Crippen molar-refractivity contribution in [2.45, 2.75) is 58.6 Å². The van der Waals surface area contributed by atoms with E-state index in [-0.39, 0.29) is 24.2 Å². The van der Waals surface area contributed by atoms with Crippen molar-refractivity contribution >= 4 is 28.7 Å². The van der Waals surface area contributed by atoms with Gasteiger partial charge in [0.1, 0.15) is 17.6 Å². The number of nitrogens with one attached hydrogen (secondary N) is 4. The van der Waals surface area contributed by atoms with E-state index in [2.05, 4.69) is 31.2 Å². The number of fused-ring (bicyclic) bond motifs is 1. The van der Waals surface area contributed by atoms with Crippen molar-refractivity contribution in [3.8, 4) is 5.82 Å². The summed E-state index contributed by atoms with van der Waals surface area (Å²) in [5.74, 6) is 0.0396. The molecule has 0 saturated carbocycles. The number of anilines is 1. The van der Waals surface area contributed by atoms with Crippen LogP contribution in [0.5, 0.6) is 0 Å². The quantitative estimate of drug-likeness (QED) is 0.187. The van der Waals surface area contributed by atoms with Crippen molar-refractivity contribution in [3.05, 3.63) is 83.8 Å². The number of hydrogen-bond donors (Lipinski definition) is 5. The summed E-state index contributed by atoms with van der Waals surface area (Å²) in [5.41, 5.74) is 1.73. The van der Waals surface area contributed by atoms with E-state index in [0.717, 1.165) is 16.5 Å². The molecule has 4 aromatic rings. The molecule has 0 saturated heterocycles. The highest BCUT2D eigenvalue weighted by atomic mass is 19.1. The minimum absolute atomic E-state index is 0.0154. The first-order valence-electron chi connectivity index (χ1n) is 13.4. The fraction of sp³-hybridized carbons (Fsp3) is 0.333. The van der Waals surface area contributed by atoms with E-state index in [1.54, 1.807) is 16.8 Å². The third-order valence-corrected chi connectivity index (χ3v) is 6.37. The van der Waals surface area contributed by atoms with Gasteiger partial charge < -0.3 is 26.4 Å². The number of carbonyl (C=O) groups excluding carboxylic acids is 2. The first-order valence-corrected chi connectivity index (χ1v) is 13.4. The zero-order valence-corrected chi connectivity index (χ0v) is 23.6. The standard InChI is InChI=1S/C30H36FN7O3/c1-19(2)37-24-13-26(32-17-23(24)28(39)34-18-25(31)30(3,4)41)38-11-10-22-12-21(15-33-27(22)38)16-36-29(40)35-14-20-8-6-5-7-9-20/h5-13,15,17,19,25,41H,14,16,18H2,1-4H3,(H,32,37)(H,34,39)(H2,35,36,40)/t25-/m1/s1.